The molecule has 0 aliphatic carbocycles. The van der Waals surface area contributed by atoms with Gasteiger partial charge in [0.15, 0.2) is 0 Å². The van der Waals surface area contributed by atoms with Gasteiger partial charge in [-0.2, -0.15) is 0 Å². The summed E-state index contributed by atoms with van der Waals surface area (Å²) < 4.78 is 0. The van der Waals surface area contributed by atoms with E-state index in [4.69, 9.17) is 0 Å². The molecule has 0 saturated carbocycles. The Morgan fingerprint density at radius 1 is 0.767 bits per heavy atom. The summed E-state index contributed by atoms with van der Waals surface area (Å²) in [4.78, 5) is 0. The van der Waals surface area contributed by atoms with Crippen LogP contribution in [0.1, 0.15) is 40.3 Å². The normalized spacial score (nSPS) is 12.0. The van der Waals surface area contributed by atoms with Crippen molar-refractivity contribution in [1.82, 2.24) is 0 Å². The molecule has 3 aromatic carbocycles. The molecule has 0 nitrogen and oxygen atoms in total. The van der Waals surface area contributed by atoms with E-state index >= 15 is 0 Å². The molecule has 0 aromatic heterocycles. The highest BCUT2D eigenvalue weighted by molar-refractivity contribution is 5.89. The molecule has 0 radical (unpaired) electrons. The Bertz CT molecular complexity index is 1120. The molecule has 0 bridgehead atoms. The third-order valence-corrected chi connectivity index (χ3v) is 5.28. The van der Waals surface area contributed by atoms with Crippen LogP contribution in [0.4, 0.5) is 0 Å². The van der Waals surface area contributed by atoms with E-state index in [1.54, 1.807) is 0 Å². The summed E-state index contributed by atoms with van der Waals surface area (Å²) in [6, 6.07) is 25.7. The lowest BCUT2D eigenvalue weighted by molar-refractivity contribution is 1.33. The first kappa shape index (κ1) is 21.3. The first-order chi connectivity index (χ1) is 14.4. The Morgan fingerprint density at radius 2 is 1.40 bits per heavy atom. The second-order valence-electron chi connectivity index (χ2n) is 7.98. The molecule has 3 rings (SSSR count). The predicted octanol–water partition coefficient (Wildman–Crippen LogP) is 8.26. The van der Waals surface area contributed by atoms with Crippen LogP contribution in [-0.4, -0.2) is 0 Å². The molecule has 0 atom stereocenters. The first-order valence-electron chi connectivity index (χ1n) is 10.3. The second kappa shape index (κ2) is 9.41. The van der Waals surface area contributed by atoms with Gasteiger partial charge in [0.2, 0.25) is 0 Å². The van der Waals surface area contributed by atoms with E-state index in [1.807, 2.05) is 0 Å². The quantitative estimate of drug-likeness (QED) is 0.372. The molecule has 0 N–H and O–H groups in total. The van der Waals surface area contributed by atoms with Crippen LogP contribution in [0.15, 0.2) is 109 Å². The number of allylic oxidation sites excluding steroid dienone is 4. The Hall–Kier alpha value is -3.38. The lowest BCUT2D eigenvalue weighted by Gasteiger charge is -2.20. The molecule has 0 saturated heterocycles. The molecule has 0 aliphatic rings. The van der Waals surface area contributed by atoms with Crippen molar-refractivity contribution in [1.29, 1.82) is 0 Å². The Balaban J connectivity index is 2.19. The van der Waals surface area contributed by atoms with E-state index in [2.05, 4.69) is 126 Å². The van der Waals surface area contributed by atoms with E-state index in [1.165, 1.54) is 33.4 Å². The fourth-order valence-corrected chi connectivity index (χ4v) is 3.65. The molecule has 0 spiro atoms. The monoisotopic (exact) mass is 390 g/mol. The van der Waals surface area contributed by atoms with Crippen molar-refractivity contribution in [2.75, 3.05) is 0 Å². The highest BCUT2D eigenvalue weighted by Crippen LogP contribution is 2.36. The van der Waals surface area contributed by atoms with Gasteiger partial charge in [0.05, 0.1) is 0 Å². The summed E-state index contributed by atoms with van der Waals surface area (Å²) in [5.74, 6) is 0. The summed E-state index contributed by atoms with van der Waals surface area (Å²) in [6.45, 7) is 17.2. The van der Waals surface area contributed by atoms with Gasteiger partial charge in [0.25, 0.3) is 0 Å². The molecule has 0 fully saturated rings. The molecule has 0 heteroatoms. The fourth-order valence-electron chi connectivity index (χ4n) is 3.65. The number of benzene rings is 3. The van der Waals surface area contributed by atoms with E-state index in [0.29, 0.717) is 0 Å². The Kier molecular flexibility index (Phi) is 6.69. The van der Waals surface area contributed by atoms with Gasteiger partial charge in [-0.1, -0.05) is 109 Å². The molecule has 0 aliphatic heterocycles. The van der Waals surface area contributed by atoms with Crippen LogP contribution in [0.5, 0.6) is 0 Å². The maximum atomic E-state index is 4.43. The standard InChI is InChI=1S/C30H30/c1-21(2)29(25(6)16-19-26-17-13-22(3)14-18-26)30(27-10-8-7-9-11-27)28-20-23(4)12-15-24(28)5/h7-20H,1,6H2,2-5H3/b19-16+,30-29+. The molecule has 30 heavy (non-hydrogen) atoms. The molecular formula is C30H30. The zero-order chi connectivity index (χ0) is 21.7. The Morgan fingerprint density at radius 3 is 2.03 bits per heavy atom. The van der Waals surface area contributed by atoms with Gasteiger partial charge in [0.1, 0.15) is 0 Å². The number of rotatable bonds is 6. The average molecular weight is 391 g/mol. The maximum absolute atomic E-state index is 4.43. The SMILES string of the molecule is C=C(C)/C(C(=C)/C=C/c1ccc(C)cc1)=C(/c1ccccc1)c1cc(C)ccc1C. The third-order valence-electron chi connectivity index (χ3n) is 5.28. The predicted molar refractivity (Wildman–Crippen MR) is 133 cm³/mol. The van der Waals surface area contributed by atoms with Crippen LogP contribution in [0.3, 0.4) is 0 Å². The van der Waals surface area contributed by atoms with Crippen LogP contribution in [0, 0.1) is 20.8 Å². The van der Waals surface area contributed by atoms with Gasteiger partial charge in [-0.25, -0.2) is 0 Å². The van der Waals surface area contributed by atoms with Crippen molar-refractivity contribution in [2.45, 2.75) is 27.7 Å². The van der Waals surface area contributed by atoms with Crippen LogP contribution in [0.25, 0.3) is 11.6 Å². The summed E-state index contributed by atoms with van der Waals surface area (Å²) in [6.07, 6.45) is 4.22. The van der Waals surface area contributed by atoms with Crippen LogP contribution >= 0.6 is 0 Å². The highest BCUT2D eigenvalue weighted by atomic mass is 14.2. The van der Waals surface area contributed by atoms with Crippen molar-refractivity contribution >= 4 is 11.6 Å². The molecule has 0 unspecified atom stereocenters. The molecule has 0 heterocycles. The number of aryl methyl sites for hydroxylation is 3. The summed E-state index contributed by atoms with van der Waals surface area (Å²) in [5, 5.41) is 0. The Labute approximate surface area is 181 Å². The van der Waals surface area contributed by atoms with Gasteiger partial charge in [-0.3, -0.25) is 0 Å². The first-order valence-corrected chi connectivity index (χ1v) is 10.3. The van der Waals surface area contributed by atoms with Crippen LogP contribution in [0.2, 0.25) is 0 Å². The van der Waals surface area contributed by atoms with Crippen molar-refractivity contribution in [3.05, 3.63) is 142 Å². The summed E-state index contributed by atoms with van der Waals surface area (Å²) in [5.41, 5.74) is 11.6. The topological polar surface area (TPSA) is 0 Å². The van der Waals surface area contributed by atoms with Crippen molar-refractivity contribution < 1.29 is 0 Å². The number of hydrogen-bond donors (Lipinski definition) is 0. The minimum Gasteiger partial charge on any atom is -0.0955 e. The van der Waals surface area contributed by atoms with Gasteiger partial charge < -0.3 is 0 Å². The van der Waals surface area contributed by atoms with E-state index < -0.39 is 0 Å². The van der Waals surface area contributed by atoms with E-state index in [0.717, 1.165) is 22.3 Å². The lowest BCUT2D eigenvalue weighted by Crippen LogP contribution is -2.00. The van der Waals surface area contributed by atoms with Crippen molar-refractivity contribution in [3.8, 4) is 0 Å². The average Bonchev–Trinajstić information content (AvgIpc) is 2.73. The molecule has 3 aromatic rings. The van der Waals surface area contributed by atoms with Gasteiger partial charge in [-0.15, -0.1) is 0 Å². The van der Waals surface area contributed by atoms with E-state index in [9.17, 15) is 0 Å². The van der Waals surface area contributed by atoms with Gasteiger partial charge in [-0.05, 0) is 72.2 Å². The fraction of sp³-hybridized carbons (Fsp3) is 0.133. The minimum absolute atomic E-state index is 0.961. The highest BCUT2D eigenvalue weighted by Gasteiger charge is 2.16. The zero-order valence-corrected chi connectivity index (χ0v) is 18.5. The second-order valence-corrected chi connectivity index (χ2v) is 7.98. The van der Waals surface area contributed by atoms with E-state index in [-0.39, 0.29) is 0 Å². The van der Waals surface area contributed by atoms with Crippen LogP contribution in [-0.2, 0) is 0 Å². The molecule has 150 valence electrons. The van der Waals surface area contributed by atoms with Gasteiger partial charge >= 0.3 is 0 Å². The maximum Gasteiger partial charge on any atom is -0.00278 e. The largest absolute Gasteiger partial charge is 0.0955 e. The molecular weight excluding hydrogens is 360 g/mol. The number of hydrogen-bond acceptors (Lipinski definition) is 0. The molecule has 0 amide bonds. The lowest BCUT2D eigenvalue weighted by atomic mass is 9.84. The summed E-state index contributed by atoms with van der Waals surface area (Å²) >= 11 is 0. The zero-order valence-electron chi connectivity index (χ0n) is 18.5. The minimum atomic E-state index is 0.961. The summed E-state index contributed by atoms with van der Waals surface area (Å²) in [7, 11) is 0. The van der Waals surface area contributed by atoms with Crippen molar-refractivity contribution in [3.63, 3.8) is 0 Å². The van der Waals surface area contributed by atoms with Crippen molar-refractivity contribution in [2.24, 2.45) is 0 Å². The van der Waals surface area contributed by atoms with Crippen LogP contribution < -0.4 is 0 Å². The third kappa shape index (κ3) is 4.96. The smallest absolute Gasteiger partial charge is 0.00278 e. The van der Waals surface area contributed by atoms with Gasteiger partial charge in [0, 0.05) is 0 Å².